The first kappa shape index (κ1) is 19.8. The average molecular weight is 418 g/mol. The van der Waals surface area contributed by atoms with Gasteiger partial charge < -0.3 is 9.80 Å². The normalized spacial score (nSPS) is 26.0. The molecule has 7 nitrogen and oxygen atoms in total. The first-order valence-electron chi connectivity index (χ1n) is 10.7. The van der Waals surface area contributed by atoms with E-state index in [1.165, 1.54) is 4.90 Å². The third-order valence-electron chi connectivity index (χ3n) is 6.89. The number of likely N-dealkylation sites (N-methyl/N-ethyl adjacent to an activating group) is 1. The van der Waals surface area contributed by atoms with Crippen molar-refractivity contribution >= 4 is 23.5 Å². The zero-order chi connectivity index (χ0) is 21.6. The van der Waals surface area contributed by atoms with E-state index in [-0.39, 0.29) is 18.5 Å². The molecule has 1 N–H and O–H groups in total. The Morgan fingerprint density at radius 3 is 2.55 bits per heavy atom. The van der Waals surface area contributed by atoms with Crippen molar-refractivity contribution in [3.8, 4) is 0 Å². The van der Waals surface area contributed by atoms with Crippen molar-refractivity contribution in [1.29, 1.82) is 0 Å². The second-order valence-corrected chi connectivity index (χ2v) is 8.70. The molecule has 0 aliphatic carbocycles. The monoisotopic (exact) mass is 418 g/mol. The Kier molecular flexibility index (Phi) is 4.78. The highest BCUT2D eigenvalue weighted by molar-refractivity contribution is 6.20. The van der Waals surface area contributed by atoms with E-state index in [4.69, 9.17) is 0 Å². The zero-order valence-electron chi connectivity index (χ0n) is 17.6. The Morgan fingerprint density at radius 2 is 1.74 bits per heavy atom. The predicted octanol–water partition coefficient (Wildman–Crippen LogP) is 1.67. The summed E-state index contributed by atoms with van der Waals surface area (Å²) >= 11 is 0. The second-order valence-electron chi connectivity index (χ2n) is 8.70. The van der Waals surface area contributed by atoms with Gasteiger partial charge in [-0.2, -0.15) is 0 Å². The first-order valence-corrected chi connectivity index (χ1v) is 10.7. The van der Waals surface area contributed by atoms with Crippen LogP contribution >= 0.6 is 0 Å². The van der Waals surface area contributed by atoms with Gasteiger partial charge in [-0.1, -0.05) is 48.5 Å². The van der Waals surface area contributed by atoms with Crippen molar-refractivity contribution in [3.05, 3.63) is 65.7 Å². The number of anilines is 1. The number of amides is 4. The molecule has 7 heteroatoms. The van der Waals surface area contributed by atoms with Crippen molar-refractivity contribution in [3.63, 3.8) is 0 Å². The summed E-state index contributed by atoms with van der Waals surface area (Å²) in [5, 5.41) is 2.52. The number of imide groups is 2. The van der Waals surface area contributed by atoms with Gasteiger partial charge in [0, 0.05) is 31.9 Å². The first-order chi connectivity index (χ1) is 15.0. The van der Waals surface area contributed by atoms with Crippen molar-refractivity contribution < 1.29 is 14.4 Å². The van der Waals surface area contributed by atoms with Gasteiger partial charge in [-0.25, -0.2) is 4.79 Å². The van der Waals surface area contributed by atoms with Crippen LogP contribution in [0.2, 0.25) is 0 Å². The lowest BCUT2D eigenvalue weighted by Crippen LogP contribution is -2.75. The molecule has 5 rings (SSSR count). The summed E-state index contributed by atoms with van der Waals surface area (Å²) in [6, 6.07) is 16.8. The SMILES string of the molecule is CN1CCN2c3ccccc3CC3(C(=O)NC(=O)N(CCc4ccccc4)C3=O)C2C1. The number of piperazine rings is 1. The van der Waals surface area contributed by atoms with Crippen LogP contribution in [0.5, 0.6) is 0 Å². The number of urea groups is 1. The lowest BCUT2D eigenvalue weighted by molar-refractivity contribution is -0.154. The van der Waals surface area contributed by atoms with Crippen LogP contribution in [0.15, 0.2) is 54.6 Å². The predicted molar refractivity (Wildman–Crippen MR) is 117 cm³/mol. The summed E-state index contributed by atoms with van der Waals surface area (Å²) in [5.41, 5.74) is 1.79. The number of fused-ring (bicyclic) bond motifs is 4. The van der Waals surface area contributed by atoms with Crippen LogP contribution < -0.4 is 10.2 Å². The number of carbonyl (C=O) groups excluding carboxylic acids is 3. The molecule has 2 atom stereocenters. The smallest absolute Gasteiger partial charge is 0.330 e. The number of hydrogen-bond donors (Lipinski definition) is 1. The maximum atomic E-state index is 13.9. The largest absolute Gasteiger partial charge is 0.364 e. The maximum absolute atomic E-state index is 13.9. The van der Waals surface area contributed by atoms with E-state index in [0.717, 1.165) is 29.9 Å². The third-order valence-corrected chi connectivity index (χ3v) is 6.89. The van der Waals surface area contributed by atoms with E-state index in [0.29, 0.717) is 19.4 Å². The van der Waals surface area contributed by atoms with Gasteiger partial charge in [0.2, 0.25) is 11.8 Å². The van der Waals surface area contributed by atoms with E-state index in [1.54, 1.807) is 0 Å². The van der Waals surface area contributed by atoms with Gasteiger partial charge in [-0.15, -0.1) is 0 Å². The highest BCUT2D eigenvalue weighted by Crippen LogP contribution is 2.45. The molecular formula is C24H26N4O3. The maximum Gasteiger partial charge on any atom is 0.330 e. The van der Waals surface area contributed by atoms with Crippen molar-refractivity contribution in [2.24, 2.45) is 5.41 Å². The van der Waals surface area contributed by atoms with Crippen LogP contribution in [-0.2, 0) is 22.4 Å². The van der Waals surface area contributed by atoms with Crippen LogP contribution in [0.4, 0.5) is 10.5 Å². The van der Waals surface area contributed by atoms with Gasteiger partial charge in [-0.3, -0.25) is 19.8 Å². The van der Waals surface area contributed by atoms with Crippen LogP contribution in [0.1, 0.15) is 11.1 Å². The molecule has 0 bridgehead atoms. The quantitative estimate of drug-likeness (QED) is 0.768. The lowest BCUT2D eigenvalue weighted by atomic mass is 9.67. The van der Waals surface area contributed by atoms with Crippen molar-refractivity contribution in [2.75, 3.05) is 38.1 Å². The molecule has 0 radical (unpaired) electrons. The van der Waals surface area contributed by atoms with E-state index >= 15 is 0 Å². The van der Waals surface area contributed by atoms with E-state index in [9.17, 15) is 14.4 Å². The van der Waals surface area contributed by atoms with Crippen molar-refractivity contribution in [1.82, 2.24) is 15.1 Å². The number of barbiturate groups is 1. The zero-order valence-corrected chi connectivity index (χ0v) is 17.6. The van der Waals surface area contributed by atoms with Crippen LogP contribution in [0.3, 0.4) is 0 Å². The van der Waals surface area contributed by atoms with E-state index in [2.05, 4.69) is 21.2 Å². The number of carbonyl (C=O) groups is 3. The summed E-state index contributed by atoms with van der Waals surface area (Å²) in [5.74, 6) is -0.852. The molecular weight excluding hydrogens is 392 g/mol. The topological polar surface area (TPSA) is 73.0 Å². The Bertz CT molecular complexity index is 1040. The molecule has 2 fully saturated rings. The van der Waals surface area contributed by atoms with Gasteiger partial charge in [0.25, 0.3) is 0 Å². The molecule has 2 aromatic carbocycles. The molecule has 3 aliphatic rings. The summed E-state index contributed by atoms with van der Waals surface area (Å²) in [6.45, 7) is 2.42. The fourth-order valence-electron chi connectivity index (χ4n) is 5.23. The van der Waals surface area contributed by atoms with Gasteiger partial charge in [0.1, 0.15) is 0 Å². The van der Waals surface area contributed by atoms with Crippen molar-refractivity contribution in [2.45, 2.75) is 18.9 Å². The minimum absolute atomic E-state index is 0.244. The van der Waals surface area contributed by atoms with Gasteiger partial charge >= 0.3 is 6.03 Å². The molecule has 0 aromatic heterocycles. The number of benzene rings is 2. The van der Waals surface area contributed by atoms with E-state index < -0.39 is 17.4 Å². The van der Waals surface area contributed by atoms with Gasteiger partial charge in [0.15, 0.2) is 5.41 Å². The number of para-hydroxylation sites is 1. The van der Waals surface area contributed by atoms with Gasteiger partial charge in [-0.05, 0) is 37.1 Å². The summed E-state index contributed by atoms with van der Waals surface area (Å²) in [4.78, 5) is 45.6. The summed E-state index contributed by atoms with van der Waals surface area (Å²) < 4.78 is 0. The highest BCUT2D eigenvalue weighted by atomic mass is 16.2. The molecule has 0 saturated carbocycles. The fourth-order valence-corrected chi connectivity index (χ4v) is 5.23. The lowest BCUT2D eigenvalue weighted by Gasteiger charge is -2.55. The Labute approximate surface area is 181 Å². The summed E-state index contributed by atoms with van der Waals surface area (Å²) in [7, 11) is 2.01. The number of nitrogens with one attached hydrogen (secondary N) is 1. The molecule has 2 saturated heterocycles. The fraction of sp³-hybridized carbons (Fsp3) is 0.375. The number of rotatable bonds is 3. The molecule has 2 unspecified atom stereocenters. The molecule has 4 amide bonds. The second kappa shape index (κ2) is 7.50. The third kappa shape index (κ3) is 3.11. The van der Waals surface area contributed by atoms with Crippen LogP contribution in [0, 0.1) is 5.41 Å². The molecule has 2 aromatic rings. The minimum atomic E-state index is -1.31. The molecule has 1 spiro atoms. The van der Waals surface area contributed by atoms with Crippen LogP contribution in [0.25, 0.3) is 0 Å². The average Bonchev–Trinajstić information content (AvgIpc) is 2.78. The van der Waals surface area contributed by atoms with Crippen LogP contribution in [-0.4, -0.2) is 66.9 Å². The molecule has 31 heavy (non-hydrogen) atoms. The molecule has 160 valence electrons. The Morgan fingerprint density at radius 1 is 1.00 bits per heavy atom. The minimum Gasteiger partial charge on any atom is -0.364 e. The van der Waals surface area contributed by atoms with E-state index in [1.807, 2.05) is 55.6 Å². The number of hydrogen-bond acceptors (Lipinski definition) is 5. The summed E-state index contributed by atoms with van der Waals surface area (Å²) in [6.07, 6.45) is 0.854. The molecule has 3 aliphatic heterocycles. The highest BCUT2D eigenvalue weighted by Gasteiger charge is 2.62. The Hall–Kier alpha value is -3.19. The molecule has 3 heterocycles. The number of nitrogens with zero attached hydrogens (tertiary/aromatic N) is 3. The Balaban J connectivity index is 1.53. The standard InChI is InChI=1S/C24H26N4O3/c1-26-13-14-27-19-10-6-5-9-18(19)15-24(20(27)16-26)21(29)25-23(31)28(22(24)30)12-11-17-7-3-2-4-8-17/h2-10,20H,11-16H2,1H3,(H,25,29,31). The van der Waals surface area contributed by atoms with Gasteiger partial charge in [0.05, 0.1) is 6.04 Å².